The number of alkyl halides is 3. The van der Waals surface area contributed by atoms with Crippen LogP contribution in [0.25, 0.3) is 11.4 Å². The summed E-state index contributed by atoms with van der Waals surface area (Å²) in [5.41, 5.74) is 0.843. The molecule has 1 aromatic carbocycles. The molecule has 0 aliphatic heterocycles. The highest BCUT2D eigenvalue weighted by molar-refractivity contribution is 5.94. The lowest BCUT2D eigenvalue weighted by atomic mass is 10.1. The van der Waals surface area contributed by atoms with E-state index in [1.165, 1.54) is 18.3 Å². The zero-order chi connectivity index (χ0) is 21.6. The second-order valence-electron chi connectivity index (χ2n) is 6.28. The van der Waals surface area contributed by atoms with Crippen molar-refractivity contribution in [2.45, 2.75) is 19.5 Å². The predicted octanol–water partition coefficient (Wildman–Crippen LogP) is 4.39. The van der Waals surface area contributed by atoms with Gasteiger partial charge in [-0.1, -0.05) is 12.1 Å². The molecule has 0 unspecified atom stereocenters. The van der Waals surface area contributed by atoms with Crippen molar-refractivity contribution in [1.82, 2.24) is 15.0 Å². The Kier molecular flexibility index (Phi) is 6.61. The number of rotatable bonds is 7. The Balaban J connectivity index is 1.84. The number of nitrogens with one attached hydrogen (secondary N) is 1. The van der Waals surface area contributed by atoms with E-state index in [-0.39, 0.29) is 23.8 Å². The highest BCUT2D eigenvalue weighted by atomic mass is 19.4. The smallest absolute Gasteiger partial charge is 0.416 e. The number of esters is 1. The van der Waals surface area contributed by atoms with Crippen LogP contribution in [0, 0.1) is 0 Å². The van der Waals surface area contributed by atoms with Gasteiger partial charge in [0.1, 0.15) is 11.4 Å². The lowest BCUT2D eigenvalue weighted by Crippen LogP contribution is -2.14. The number of carbonyl (C=O) groups excluding carboxylic acids is 1. The zero-order valence-corrected chi connectivity index (χ0v) is 16.1. The monoisotopic (exact) mass is 416 g/mol. The second-order valence-corrected chi connectivity index (χ2v) is 6.28. The van der Waals surface area contributed by atoms with Crippen LogP contribution in [0.4, 0.5) is 19.0 Å². The molecule has 0 aliphatic rings. The van der Waals surface area contributed by atoms with Crippen molar-refractivity contribution >= 4 is 11.8 Å². The van der Waals surface area contributed by atoms with Crippen LogP contribution in [-0.4, -0.2) is 34.1 Å². The van der Waals surface area contributed by atoms with Crippen LogP contribution in [-0.2, 0) is 17.3 Å². The predicted molar refractivity (Wildman–Crippen MR) is 105 cm³/mol. The fourth-order valence-electron chi connectivity index (χ4n) is 2.70. The first kappa shape index (κ1) is 21.2. The average molecular weight is 416 g/mol. The van der Waals surface area contributed by atoms with Crippen molar-refractivity contribution in [3.8, 4) is 11.4 Å². The summed E-state index contributed by atoms with van der Waals surface area (Å²) in [5, 5.41) is 3.09. The maximum atomic E-state index is 12.8. The number of anilines is 1. The van der Waals surface area contributed by atoms with Gasteiger partial charge in [-0.25, -0.2) is 14.8 Å². The van der Waals surface area contributed by atoms with Gasteiger partial charge in [-0.15, -0.1) is 0 Å². The summed E-state index contributed by atoms with van der Waals surface area (Å²) in [6, 6.07) is 8.28. The first-order valence-electron chi connectivity index (χ1n) is 9.23. The van der Waals surface area contributed by atoms with E-state index in [9.17, 15) is 18.0 Å². The van der Waals surface area contributed by atoms with Gasteiger partial charge in [-0.05, 0) is 43.2 Å². The molecule has 0 amide bonds. The Hall–Kier alpha value is -3.49. The molecule has 156 valence electrons. The molecule has 9 heteroatoms. The molecule has 3 aromatic rings. The van der Waals surface area contributed by atoms with E-state index in [2.05, 4.69) is 20.3 Å². The van der Waals surface area contributed by atoms with Gasteiger partial charge in [0.2, 0.25) is 0 Å². The second kappa shape index (κ2) is 9.34. The zero-order valence-electron chi connectivity index (χ0n) is 16.1. The highest BCUT2D eigenvalue weighted by Gasteiger charge is 2.30. The molecule has 0 bridgehead atoms. The summed E-state index contributed by atoms with van der Waals surface area (Å²) < 4.78 is 43.4. The van der Waals surface area contributed by atoms with Gasteiger partial charge in [0.05, 0.1) is 12.2 Å². The molecule has 6 nitrogen and oxygen atoms in total. The average Bonchev–Trinajstić information content (AvgIpc) is 2.74. The molecular formula is C21H19F3N4O2. The lowest BCUT2D eigenvalue weighted by molar-refractivity contribution is -0.137. The third-order valence-electron chi connectivity index (χ3n) is 4.21. The van der Waals surface area contributed by atoms with Crippen LogP contribution in [0.5, 0.6) is 0 Å². The van der Waals surface area contributed by atoms with Crippen molar-refractivity contribution < 1.29 is 22.7 Å². The Labute approximate surface area is 171 Å². The number of hydrogen-bond donors (Lipinski definition) is 1. The van der Waals surface area contributed by atoms with E-state index in [1.54, 1.807) is 19.3 Å². The lowest BCUT2D eigenvalue weighted by Gasteiger charge is -2.12. The molecule has 2 aromatic heterocycles. The van der Waals surface area contributed by atoms with E-state index in [1.807, 2.05) is 12.1 Å². The molecule has 0 aliphatic carbocycles. The summed E-state index contributed by atoms with van der Waals surface area (Å²) in [6.45, 7) is 2.35. The first-order valence-corrected chi connectivity index (χ1v) is 9.23. The van der Waals surface area contributed by atoms with Crippen LogP contribution >= 0.6 is 0 Å². The van der Waals surface area contributed by atoms with Gasteiger partial charge in [-0.3, -0.25) is 4.98 Å². The minimum atomic E-state index is -4.42. The molecule has 2 heterocycles. The van der Waals surface area contributed by atoms with Crippen molar-refractivity contribution in [1.29, 1.82) is 0 Å². The number of pyridine rings is 1. The molecule has 0 spiro atoms. The van der Waals surface area contributed by atoms with Crippen LogP contribution in [0.2, 0.25) is 0 Å². The van der Waals surface area contributed by atoms with E-state index in [0.29, 0.717) is 18.5 Å². The van der Waals surface area contributed by atoms with Gasteiger partial charge in [-0.2, -0.15) is 13.2 Å². The van der Waals surface area contributed by atoms with Crippen LogP contribution < -0.4 is 5.32 Å². The fraction of sp³-hybridized carbons (Fsp3) is 0.238. The van der Waals surface area contributed by atoms with E-state index >= 15 is 0 Å². The number of hydrogen-bond acceptors (Lipinski definition) is 6. The maximum absolute atomic E-state index is 12.8. The molecular weight excluding hydrogens is 397 g/mol. The quantitative estimate of drug-likeness (QED) is 0.576. The van der Waals surface area contributed by atoms with Gasteiger partial charge >= 0.3 is 12.1 Å². The summed E-state index contributed by atoms with van der Waals surface area (Å²) in [4.78, 5) is 24.7. The summed E-state index contributed by atoms with van der Waals surface area (Å²) in [5.74, 6) is -0.126. The van der Waals surface area contributed by atoms with Crippen LogP contribution in [0.1, 0.15) is 28.4 Å². The molecule has 30 heavy (non-hydrogen) atoms. The third kappa shape index (κ3) is 5.31. The van der Waals surface area contributed by atoms with Crippen molar-refractivity contribution in [2.24, 2.45) is 0 Å². The Morgan fingerprint density at radius 3 is 2.43 bits per heavy atom. The topological polar surface area (TPSA) is 77.0 Å². The Bertz CT molecular complexity index is 993. The Morgan fingerprint density at radius 1 is 1.10 bits per heavy atom. The van der Waals surface area contributed by atoms with Gasteiger partial charge in [0.15, 0.2) is 5.82 Å². The first-order chi connectivity index (χ1) is 14.4. The largest absolute Gasteiger partial charge is 0.462 e. The molecule has 1 N–H and O–H groups in total. The number of aromatic nitrogens is 3. The SMILES string of the molecule is CCOC(=O)c1cnc(-c2ccc(C(F)(F)F)cc2)nc1NCCc1ccncc1. The van der Waals surface area contributed by atoms with Gasteiger partial charge in [0.25, 0.3) is 0 Å². The molecule has 0 saturated carbocycles. The van der Waals surface area contributed by atoms with E-state index in [4.69, 9.17) is 4.74 Å². The van der Waals surface area contributed by atoms with E-state index in [0.717, 1.165) is 17.7 Å². The van der Waals surface area contributed by atoms with Crippen molar-refractivity contribution in [3.63, 3.8) is 0 Å². The van der Waals surface area contributed by atoms with Gasteiger partial charge in [0, 0.05) is 30.7 Å². The fourth-order valence-corrected chi connectivity index (χ4v) is 2.70. The molecule has 0 radical (unpaired) electrons. The van der Waals surface area contributed by atoms with Crippen LogP contribution in [0.3, 0.4) is 0 Å². The number of halogens is 3. The minimum Gasteiger partial charge on any atom is -0.462 e. The van der Waals surface area contributed by atoms with Crippen molar-refractivity contribution in [2.75, 3.05) is 18.5 Å². The summed E-state index contributed by atoms with van der Waals surface area (Å²) >= 11 is 0. The number of carbonyl (C=O) groups is 1. The normalized spacial score (nSPS) is 11.2. The number of nitrogens with zero attached hydrogens (tertiary/aromatic N) is 3. The Morgan fingerprint density at radius 2 is 1.80 bits per heavy atom. The van der Waals surface area contributed by atoms with Crippen molar-refractivity contribution in [3.05, 3.63) is 71.7 Å². The summed E-state index contributed by atoms with van der Waals surface area (Å²) in [6.07, 6.45) is 0.920. The summed E-state index contributed by atoms with van der Waals surface area (Å²) in [7, 11) is 0. The molecule has 0 saturated heterocycles. The number of ether oxygens (including phenoxy) is 1. The van der Waals surface area contributed by atoms with Gasteiger partial charge < -0.3 is 10.1 Å². The molecule has 0 atom stereocenters. The minimum absolute atomic E-state index is 0.155. The molecule has 3 rings (SSSR count). The van der Waals surface area contributed by atoms with E-state index < -0.39 is 17.7 Å². The van der Waals surface area contributed by atoms with Crippen LogP contribution in [0.15, 0.2) is 55.0 Å². The standard InChI is InChI=1S/C21H19F3N4O2/c1-2-30-20(29)17-13-27-18(15-3-5-16(6-4-15)21(22,23)24)28-19(17)26-12-9-14-7-10-25-11-8-14/h3-8,10-11,13H,2,9,12H2,1H3,(H,26,27,28). The third-order valence-corrected chi connectivity index (χ3v) is 4.21. The maximum Gasteiger partial charge on any atom is 0.416 e. The molecule has 0 fully saturated rings. The highest BCUT2D eigenvalue weighted by Crippen LogP contribution is 2.30. The number of benzene rings is 1.